The summed E-state index contributed by atoms with van der Waals surface area (Å²) in [7, 11) is 1.34. The molecule has 3 aromatic rings. The van der Waals surface area contributed by atoms with Crippen molar-refractivity contribution in [1.82, 2.24) is 14.8 Å². The molecular formula is C19H13F4N3O. The molecule has 0 saturated heterocycles. The van der Waals surface area contributed by atoms with Gasteiger partial charge >= 0.3 is 6.18 Å². The van der Waals surface area contributed by atoms with Crippen molar-refractivity contribution in [3.63, 3.8) is 0 Å². The summed E-state index contributed by atoms with van der Waals surface area (Å²) in [6.45, 7) is 1.78. The van der Waals surface area contributed by atoms with E-state index < -0.39 is 11.9 Å². The zero-order valence-corrected chi connectivity index (χ0v) is 14.3. The minimum absolute atomic E-state index is 0.0927. The summed E-state index contributed by atoms with van der Waals surface area (Å²) in [5.41, 5.74) is 0.682. The van der Waals surface area contributed by atoms with Crippen molar-refractivity contribution in [2.75, 3.05) is 0 Å². The maximum absolute atomic E-state index is 12.9. The molecule has 0 atom stereocenters. The molecule has 4 nitrogen and oxygen atoms in total. The van der Waals surface area contributed by atoms with Gasteiger partial charge in [-0.2, -0.15) is 18.3 Å². The molecule has 0 fully saturated rings. The van der Waals surface area contributed by atoms with E-state index in [2.05, 4.69) is 21.9 Å². The van der Waals surface area contributed by atoms with E-state index in [9.17, 15) is 17.6 Å². The summed E-state index contributed by atoms with van der Waals surface area (Å²) in [5, 5.41) is 3.39. The van der Waals surface area contributed by atoms with Crippen LogP contribution in [0.4, 0.5) is 17.6 Å². The second-order valence-electron chi connectivity index (χ2n) is 5.72. The molecule has 8 heteroatoms. The lowest BCUT2D eigenvalue weighted by molar-refractivity contribution is -0.141. The lowest BCUT2D eigenvalue weighted by atomic mass is 10.2. The standard InChI is InChI=1S/C19H13F4N3O/c1-12-9-15(8-5-13-3-6-14(20)7-4-13)24-17(10-12)27-18-11-16(19(21,22)23)25-26(18)2/h3-4,6-7,9-11H,1-2H3. The van der Waals surface area contributed by atoms with Crippen molar-refractivity contribution in [3.05, 3.63) is 70.8 Å². The van der Waals surface area contributed by atoms with Gasteiger partial charge in [0.25, 0.3) is 0 Å². The molecule has 0 aliphatic carbocycles. The smallest absolute Gasteiger partial charge is 0.421 e. The average Bonchev–Trinajstić information content (AvgIpc) is 2.95. The highest BCUT2D eigenvalue weighted by atomic mass is 19.4. The first-order chi connectivity index (χ1) is 12.7. The number of nitrogens with zero attached hydrogens (tertiary/aromatic N) is 3. The molecular weight excluding hydrogens is 362 g/mol. The van der Waals surface area contributed by atoms with Gasteiger partial charge in [0, 0.05) is 24.7 Å². The number of pyridine rings is 1. The van der Waals surface area contributed by atoms with Crippen molar-refractivity contribution < 1.29 is 22.3 Å². The van der Waals surface area contributed by atoms with Crippen LogP contribution in [-0.2, 0) is 13.2 Å². The van der Waals surface area contributed by atoms with Crippen LogP contribution in [0.1, 0.15) is 22.5 Å². The summed E-state index contributed by atoms with van der Waals surface area (Å²) in [5.74, 6) is 5.30. The molecule has 0 saturated carbocycles. The molecule has 0 unspecified atom stereocenters. The molecule has 0 aliphatic rings. The first-order valence-corrected chi connectivity index (χ1v) is 7.76. The second-order valence-corrected chi connectivity index (χ2v) is 5.72. The van der Waals surface area contributed by atoms with Gasteiger partial charge in [-0.3, -0.25) is 0 Å². The topological polar surface area (TPSA) is 39.9 Å². The number of ether oxygens (including phenoxy) is 1. The van der Waals surface area contributed by atoms with Gasteiger partial charge in [0.2, 0.25) is 11.8 Å². The van der Waals surface area contributed by atoms with Crippen molar-refractivity contribution in [1.29, 1.82) is 0 Å². The fourth-order valence-corrected chi connectivity index (χ4v) is 2.21. The van der Waals surface area contributed by atoms with Crippen LogP contribution in [0.15, 0.2) is 42.5 Å². The zero-order valence-electron chi connectivity index (χ0n) is 14.3. The van der Waals surface area contributed by atoms with Crippen LogP contribution in [0.25, 0.3) is 0 Å². The third-order valence-corrected chi connectivity index (χ3v) is 3.46. The summed E-state index contributed by atoms with van der Waals surface area (Å²) in [6.07, 6.45) is -4.56. The number of aryl methyl sites for hydroxylation is 2. The second kappa shape index (κ2) is 7.11. The Morgan fingerprint density at radius 2 is 1.74 bits per heavy atom. The molecule has 0 spiro atoms. The van der Waals surface area contributed by atoms with Crippen molar-refractivity contribution in [2.24, 2.45) is 7.05 Å². The van der Waals surface area contributed by atoms with Crippen LogP contribution in [0.2, 0.25) is 0 Å². The third-order valence-electron chi connectivity index (χ3n) is 3.46. The van der Waals surface area contributed by atoms with Crippen LogP contribution in [-0.4, -0.2) is 14.8 Å². The summed E-state index contributed by atoms with van der Waals surface area (Å²) in [4.78, 5) is 4.18. The molecule has 0 N–H and O–H groups in total. The Kier molecular flexibility index (Phi) is 4.86. The summed E-state index contributed by atoms with van der Waals surface area (Å²) >= 11 is 0. The molecule has 2 aromatic heterocycles. The van der Waals surface area contributed by atoms with Crippen molar-refractivity contribution in [3.8, 4) is 23.6 Å². The van der Waals surface area contributed by atoms with Gasteiger partial charge in [-0.25, -0.2) is 14.1 Å². The largest absolute Gasteiger partial charge is 0.435 e. The molecule has 138 valence electrons. The highest BCUT2D eigenvalue weighted by Gasteiger charge is 2.35. The normalized spacial score (nSPS) is 11.0. The number of hydrogen-bond donors (Lipinski definition) is 0. The van der Waals surface area contributed by atoms with Gasteiger partial charge in [0.15, 0.2) is 5.69 Å². The van der Waals surface area contributed by atoms with Gasteiger partial charge in [0.05, 0.1) is 0 Å². The van der Waals surface area contributed by atoms with E-state index in [-0.39, 0.29) is 17.6 Å². The average molecular weight is 375 g/mol. The van der Waals surface area contributed by atoms with Gasteiger partial charge in [-0.15, -0.1) is 0 Å². The zero-order chi connectivity index (χ0) is 19.6. The molecule has 27 heavy (non-hydrogen) atoms. The van der Waals surface area contributed by atoms with E-state index in [0.29, 0.717) is 11.3 Å². The molecule has 3 rings (SSSR count). The lowest BCUT2D eigenvalue weighted by Crippen LogP contribution is -2.06. The number of aromatic nitrogens is 3. The Morgan fingerprint density at radius 1 is 1.04 bits per heavy atom. The van der Waals surface area contributed by atoms with Gasteiger partial charge in [-0.05, 0) is 48.7 Å². The van der Waals surface area contributed by atoms with Gasteiger partial charge in [-0.1, -0.05) is 5.92 Å². The molecule has 0 amide bonds. The Morgan fingerprint density at radius 3 is 2.37 bits per heavy atom. The Hall–Kier alpha value is -3.34. The highest BCUT2D eigenvalue weighted by molar-refractivity contribution is 5.42. The number of alkyl halides is 3. The van der Waals surface area contributed by atoms with Crippen LogP contribution >= 0.6 is 0 Å². The molecule has 0 bridgehead atoms. The van der Waals surface area contributed by atoms with Crippen LogP contribution in [0, 0.1) is 24.6 Å². The Bertz CT molecular complexity index is 1030. The highest BCUT2D eigenvalue weighted by Crippen LogP contribution is 2.31. The maximum Gasteiger partial charge on any atom is 0.435 e. The first kappa shape index (κ1) is 18.5. The monoisotopic (exact) mass is 375 g/mol. The third kappa shape index (κ3) is 4.64. The SMILES string of the molecule is Cc1cc(C#Cc2ccc(F)cc2)nc(Oc2cc(C(F)(F)F)nn2C)c1. The summed E-state index contributed by atoms with van der Waals surface area (Å²) in [6, 6.07) is 9.73. The van der Waals surface area contributed by atoms with E-state index in [1.807, 2.05) is 0 Å². The predicted octanol–water partition coefficient (Wildman–Crippen LogP) is 4.47. The number of halogens is 4. The fraction of sp³-hybridized carbons (Fsp3) is 0.158. The van der Waals surface area contributed by atoms with Crippen LogP contribution < -0.4 is 4.74 Å². The molecule has 1 aromatic carbocycles. The molecule has 2 heterocycles. The maximum atomic E-state index is 12.9. The Labute approximate surface area is 152 Å². The molecule has 0 radical (unpaired) electrons. The number of hydrogen-bond acceptors (Lipinski definition) is 3. The van der Waals surface area contributed by atoms with E-state index in [1.54, 1.807) is 19.1 Å². The molecule has 0 aliphatic heterocycles. The fourth-order valence-electron chi connectivity index (χ4n) is 2.21. The van der Waals surface area contributed by atoms with Gasteiger partial charge < -0.3 is 4.74 Å². The Balaban J connectivity index is 1.86. The van der Waals surface area contributed by atoms with E-state index in [1.165, 1.54) is 31.3 Å². The lowest BCUT2D eigenvalue weighted by Gasteiger charge is -2.05. The van der Waals surface area contributed by atoms with E-state index in [4.69, 9.17) is 4.74 Å². The van der Waals surface area contributed by atoms with Crippen LogP contribution in [0.3, 0.4) is 0 Å². The van der Waals surface area contributed by atoms with Crippen LogP contribution in [0.5, 0.6) is 11.8 Å². The van der Waals surface area contributed by atoms with Crippen molar-refractivity contribution in [2.45, 2.75) is 13.1 Å². The van der Waals surface area contributed by atoms with E-state index in [0.717, 1.165) is 16.3 Å². The predicted molar refractivity (Wildman–Crippen MR) is 89.6 cm³/mol. The quantitative estimate of drug-likeness (QED) is 0.490. The number of benzene rings is 1. The minimum atomic E-state index is -4.56. The van der Waals surface area contributed by atoms with Gasteiger partial charge in [0.1, 0.15) is 11.5 Å². The van der Waals surface area contributed by atoms with Crippen molar-refractivity contribution >= 4 is 0 Å². The minimum Gasteiger partial charge on any atom is -0.421 e. The van der Waals surface area contributed by atoms with E-state index >= 15 is 0 Å². The number of rotatable bonds is 2. The summed E-state index contributed by atoms with van der Waals surface area (Å²) < 4.78 is 57.6. The first-order valence-electron chi connectivity index (χ1n) is 7.76.